The lowest BCUT2D eigenvalue weighted by atomic mass is 10.2. The lowest BCUT2D eigenvalue weighted by molar-refractivity contribution is 0.387. The van der Waals surface area contributed by atoms with E-state index in [1.165, 1.54) is 12.1 Å². The molecule has 0 unspecified atom stereocenters. The van der Waals surface area contributed by atoms with E-state index in [9.17, 15) is 12.8 Å². The average Bonchev–Trinajstić information content (AvgIpc) is 2.83. The van der Waals surface area contributed by atoms with Crippen LogP contribution >= 0.6 is 0 Å². The van der Waals surface area contributed by atoms with E-state index in [0.717, 1.165) is 6.07 Å². The Morgan fingerprint density at radius 2 is 2.20 bits per heavy atom. The van der Waals surface area contributed by atoms with Gasteiger partial charge in [0.05, 0.1) is 6.54 Å². The van der Waals surface area contributed by atoms with Crippen LogP contribution in [-0.2, 0) is 23.1 Å². The number of benzene rings is 1. The van der Waals surface area contributed by atoms with Crippen LogP contribution in [0.4, 0.5) is 4.39 Å². The molecule has 2 aromatic rings. The van der Waals surface area contributed by atoms with Crippen molar-refractivity contribution in [3.05, 3.63) is 41.3 Å². The van der Waals surface area contributed by atoms with Crippen LogP contribution in [0, 0.1) is 12.7 Å². The highest BCUT2D eigenvalue weighted by molar-refractivity contribution is 7.89. The number of nitrogens with one attached hydrogen (secondary N) is 1. The quantitative estimate of drug-likeness (QED) is 0.829. The molecule has 1 heterocycles. The van der Waals surface area contributed by atoms with Gasteiger partial charge < -0.3 is 10.3 Å². The van der Waals surface area contributed by atoms with E-state index >= 15 is 0 Å². The van der Waals surface area contributed by atoms with Gasteiger partial charge in [0.25, 0.3) is 0 Å². The molecule has 0 amide bonds. The van der Waals surface area contributed by atoms with E-state index in [1.807, 2.05) is 0 Å². The molecule has 1 aromatic heterocycles. The molecule has 0 fully saturated rings. The fraction of sp³-hybridized carbons (Fsp3) is 0.273. The Morgan fingerprint density at radius 1 is 1.45 bits per heavy atom. The van der Waals surface area contributed by atoms with E-state index in [1.54, 1.807) is 6.92 Å². The van der Waals surface area contributed by atoms with Crippen molar-refractivity contribution >= 4 is 10.0 Å². The van der Waals surface area contributed by atoms with E-state index in [4.69, 9.17) is 10.3 Å². The Hall–Kier alpha value is -1.84. The Bertz CT molecular complexity index is 714. The maximum Gasteiger partial charge on any atom is 0.243 e. The van der Waals surface area contributed by atoms with Crippen LogP contribution < -0.4 is 10.5 Å². The second kappa shape index (κ2) is 5.65. The molecule has 0 aliphatic carbocycles. The van der Waals surface area contributed by atoms with Crippen LogP contribution in [-0.4, -0.2) is 18.6 Å². The third-order valence-electron chi connectivity index (χ3n) is 2.51. The van der Waals surface area contributed by atoms with Gasteiger partial charge in [0, 0.05) is 13.5 Å². The minimum atomic E-state index is -4.01. The number of aryl methyl sites for hydroxylation is 1. The SMILES string of the molecule is Cc1nc(CNS(=O)(=O)c2cc(CN)ccc2F)no1. The largest absolute Gasteiger partial charge is 0.340 e. The molecule has 0 aliphatic rings. The summed E-state index contributed by atoms with van der Waals surface area (Å²) in [6, 6.07) is 3.69. The number of rotatable bonds is 5. The third-order valence-corrected chi connectivity index (χ3v) is 3.93. The molecule has 0 atom stereocenters. The summed E-state index contributed by atoms with van der Waals surface area (Å²) in [6.45, 7) is 1.51. The highest BCUT2D eigenvalue weighted by Gasteiger charge is 2.20. The second-order valence-corrected chi connectivity index (χ2v) is 5.76. The Balaban J connectivity index is 2.21. The van der Waals surface area contributed by atoms with Gasteiger partial charge in [-0.1, -0.05) is 11.2 Å². The van der Waals surface area contributed by atoms with Crippen molar-refractivity contribution in [3.63, 3.8) is 0 Å². The van der Waals surface area contributed by atoms with Gasteiger partial charge in [0.2, 0.25) is 15.9 Å². The molecule has 0 radical (unpaired) electrons. The number of halogens is 1. The average molecular weight is 300 g/mol. The van der Waals surface area contributed by atoms with Gasteiger partial charge in [0.15, 0.2) is 5.82 Å². The minimum Gasteiger partial charge on any atom is -0.340 e. The summed E-state index contributed by atoms with van der Waals surface area (Å²) < 4.78 is 44.6. The highest BCUT2D eigenvalue weighted by atomic mass is 32.2. The van der Waals surface area contributed by atoms with E-state index in [2.05, 4.69) is 14.9 Å². The number of aromatic nitrogens is 2. The first-order valence-electron chi connectivity index (χ1n) is 5.70. The first-order valence-corrected chi connectivity index (χ1v) is 7.18. The van der Waals surface area contributed by atoms with Gasteiger partial charge in [0.1, 0.15) is 10.7 Å². The number of hydrogen-bond acceptors (Lipinski definition) is 6. The molecular weight excluding hydrogens is 287 g/mol. The van der Waals surface area contributed by atoms with Crippen LogP contribution in [0.5, 0.6) is 0 Å². The summed E-state index contributed by atoms with van der Waals surface area (Å²) in [7, 11) is -4.01. The van der Waals surface area contributed by atoms with Crippen LogP contribution in [0.3, 0.4) is 0 Å². The molecule has 0 saturated heterocycles. The molecule has 0 spiro atoms. The Kier molecular flexibility index (Phi) is 4.12. The fourth-order valence-corrected chi connectivity index (χ4v) is 2.64. The predicted molar refractivity (Wildman–Crippen MR) is 67.4 cm³/mol. The van der Waals surface area contributed by atoms with Gasteiger partial charge in [-0.25, -0.2) is 17.5 Å². The molecule has 1 aromatic carbocycles. The third kappa shape index (κ3) is 3.18. The zero-order chi connectivity index (χ0) is 14.8. The smallest absolute Gasteiger partial charge is 0.243 e. The maximum absolute atomic E-state index is 13.6. The van der Waals surface area contributed by atoms with Crippen LogP contribution in [0.25, 0.3) is 0 Å². The van der Waals surface area contributed by atoms with Gasteiger partial charge in [-0.15, -0.1) is 0 Å². The molecule has 20 heavy (non-hydrogen) atoms. The van der Waals surface area contributed by atoms with E-state index in [0.29, 0.717) is 11.5 Å². The molecule has 7 nitrogen and oxygen atoms in total. The van der Waals surface area contributed by atoms with Gasteiger partial charge in [-0.05, 0) is 17.7 Å². The Morgan fingerprint density at radius 3 is 2.80 bits per heavy atom. The number of nitrogens with two attached hydrogens (primary N) is 1. The lowest BCUT2D eigenvalue weighted by Crippen LogP contribution is -2.25. The number of nitrogens with zero attached hydrogens (tertiary/aromatic N) is 2. The molecular formula is C11H13FN4O3S. The summed E-state index contributed by atoms with van der Waals surface area (Å²) in [5, 5.41) is 3.54. The van der Waals surface area contributed by atoms with Crippen molar-refractivity contribution < 1.29 is 17.3 Å². The molecule has 2 rings (SSSR count). The van der Waals surface area contributed by atoms with E-state index < -0.39 is 20.7 Å². The van der Waals surface area contributed by atoms with Crippen molar-refractivity contribution in [3.8, 4) is 0 Å². The second-order valence-electron chi connectivity index (χ2n) is 4.02. The van der Waals surface area contributed by atoms with Crippen LogP contribution in [0.1, 0.15) is 17.3 Å². The molecule has 9 heteroatoms. The summed E-state index contributed by atoms with van der Waals surface area (Å²) in [6.07, 6.45) is 0. The molecule has 3 N–H and O–H groups in total. The summed E-state index contributed by atoms with van der Waals surface area (Å²) in [4.78, 5) is 3.39. The zero-order valence-corrected chi connectivity index (χ0v) is 11.4. The Labute approximate surface area is 115 Å². The van der Waals surface area contributed by atoms with Gasteiger partial charge in [-0.2, -0.15) is 4.98 Å². The van der Waals surface area contributed by atoms with Gasteiger partial charge in [-0.3, -0.25) is 0 Å². The first-order chi connectivity index (χ1) is 9.42. The van der Waals surface area contributed by atoms with Crippen molar-refractivity contribution in [1.82, 2.24) is 14.9 Å². The topological polar surface area (TPSA) is 111 Å². The number of sulfonamides is 1. The monoisotopic (exact) mass is 300 g/mol. The van der Waals surface area contributed by atoms with Crippen LogP contribution in [0.2, 0.25) is 0 Å². The normalized spacial score (nSPS) is 11.8. The van der Waals surface area contributed by atoms with Crippen molar-refractivity contribution in [2.75, 3.05) is 0 Å². The maximum atomic E-state index is 13.6. The molecule has 0 aliphatic heterocycles. The lowest BCUT2D eigenvalue weighted by Gasteiger charge is -2.07. The van der Waals surface area contributed by atoms with Crippen molar-refractivity contribution in [2.45, 2.75) is 24.9 Å². The summed E-state index contributed by atoms with van der Waals surface area (Å²) in [5.74, 6) is -0.365. The number of hydrogen-bond donors (Lipinski definition) is 2. The van der Waals surface area contributed by atoms with Crippen LogP contribution in [0.15, 0.2) is 27.6 Å². The highest BCUT2D eigenvalue weighted by Crippen LogP contribution is 2.16. The summed E-state index contributed by atoms with van der Waals surface area (Å²) in [5.41, 5.74) is 5.93. The molecule has 0 bridgehead atoms. The fourth-order valence-electron chi connectivity index (χ4n) is 1.53. The van der Waals surface area contributed by atoms with Crippen molar-refractivity contribution in [2.24, 2.45) is 5.73 Å². The summed E-state index contributed by atoms with van der Waals surface area (Å²) >= 11 is 0. The first kappa shape index (κ1) is 14.6. The molecule has 0 saturated carbocycles. The zero-order valence-electron chi connectivity index (χ0n) is 10.6. The van der Waals surface area contributed by atoms with Crippen molar-refractivity contribution in [1.29, 1.82) is 0 Å². The predicted octanol–water partition coefficient (Wildman–Crippen LogP) is 0.454. The standard InChI is InChI=1S/C11H13FN4O3S/c1-7-15-11(16-19-7)6-14-20(17,18)10-4-8(5-13)2-3-9(10)12/h2-4,14H,5-6,13H2,1H3. The molecule has 108 valence electrons. The van der Waals surface area contributed by atoms with E-state index in [-0.39, 0.29) is 18.9 Å². The minimum absolute atomic E-state index is 0.118. The van der Waals surface area contributed by atoms with Gasteiger partial charge >= 0.3 is 0 Å².